The first-order valence-electron chi connectivity index (χ1n) is 8.84. The van der Waals surface area contributed by atoms with Gasteiger partial charge in [0.15, 0.2) is 0 Å². The topological polar surface area (TPSA) is 135 Å². The molecule has 3 aromatic rings. The van der Waals surface area contributed by atoms with Gasteiger partial charge in [-0.3, -0.25) is 15.1 Å². The maximum Gasteiger partial charge on any atom is 0.296 e. The first-order chi connectivity index (χ1) is 14.1. The Morgan fingerprint density at radius 2 is 1.97 bits per heavy atom. The fraction of sp³-hybridized carbons (Fsp3) is 0.211. The third-order valence-corrected chi connectivity index (χ3v) is 3.98. The van der Waals surface area contributed by atoms with Gasteiger partial charge in [0.05, 0.1) is 23.8 Å². The van der Waals surface area contributed by atoms with Gasteiger partial charge in [-0.15, -0.1) is 0 Å². The van der Waals surface area contributed by atoms with Crippen molar-refractivity contribution in [2.24, 2.45) is 0 Å². The van der Waals surface area contributed by atoms with Gasteiger partial charge in [0.1, 0.15) is 17.3 Å². The van der Waals surface area contributed by atoms with Gasteiger partial charge >= 0.3 is 0 Å². The predicted molar refractivity (Wildman–Crippen MR) is 108 cm³/mol. The van der Waals surface area contributed by atoms with Crippen molar-refractivity contribution in [1.29, 1.82) is 0 Å². The van der Waals surface area contributed by atoms with Crippen molar-refractivity contribution in [1.82, 2.24) is 15.0 Å². The summed E-state index contributed by atoms with van der Waals surface area (Å²) < 4.78 is 5.07. The molecule has 0 saturated carbocycles. The average Bonchev–Trinajstić information content (AvgIpc) is 2.74. The molecule has 2 heterocycles. The fourth-order valence-corrected chi connectivity index (χ4v) is 2.57. The van der Waals surface area contributed by atoms with E-state index in [-0.39, 0.29) is 18.0 Å². The van der Waals surface area contributed by atoms with Gasteiger partial charge in [-0.25, -0.2) is 4.98 Å². The number of rotatable bonds is 9. The molecular formula is C19H20N6O4. The van der Waals surface area contributed by atoms with Crippen LogP contribution in [0.3, 0.4) is 0 Å². The van der Waals surface area contributed by atoms with Crippen molar-refractivity contribution in [3.05, 3.63) is 58.9 Å². The van der Waals surface area contributed by atoms with Crippen molar-refractivity contribution >= 4 is 23.1 Å². The molecule has 3 N–H and O–H groups in total. The molecule has 0 aliphatic rings. The standard InChI is InChI=1S/C19H20N6O4/c1-29-14-3-4-15(17(11-14)25(27)28)22-18-12-16(13-5-8-20-9-6-13)23-19(24-18)21-7-2-10-26/h3-6,8-9,11-12,26H,2,7,10H2,1H3,(H2,21,22,23,24). The minimum atomic E-state index is -0.490. The van der Waals surface area contributed by atoms with Gasteiger partial charge in [-0.1, -0.05) is 0 Å². The number of methoxy groups -OCH3 is 1. The van der Waals surface area contributed by atoms with E-state index in [9.17, 15) is 10.1 Å². The molecule has 10 nitrogen and oxygen atoms in total. The van der Waals surface area contributed by atoms with Crippen molar-refractivity contribution in [3.63, 3.8) is 0 Å². The first kappa shape index (κ1) is 20.0. The summed E-state index contributed by atoms with van der Waals surface area (Å²) in [6.45, 7) is 0.526. The zero-order valence-corrected chi connectivity index (χ0v) is 15.7. The Labute approximate surface area is 166 Å². The molecule has 29 heavy (non-hydrogen) atoms. The Hall–Kier alpha value is -3.79. The lowest BCUT2D eigenvalue weighted by Crippen LogP contribution is -2.09. The average molecular weight is 396 g/mol. The SMILES string of the molecule is COc1ccc(Nc2cc(-c3ccncc3)nc(NCCCO)n2)c([N+](=O)[O-])c1. The molecule has 0 spiro atoms. The zero-order valence-electron chi connectivity index (χ0n) is 15.7. The lowest BCUT2D eigenvalue weighted by Gasteiger charge is -2.12. The number of anilines is 3. The molecule has 0 bridgehead atoms. The number of nitrogens with zero attached hydrogens (tertiary/aromatic N) is 4. The first-order valence-corrected chi connectivity index (χ1v) is 8.84. The predicted octanol–water partition coefficient (Wildman–Crippen LogP) is 2.99. The molecule has 2 aromatic heterocycles. The summed E-state index contributed by atoms with van der Waals surface area (Å²) >= 11 is 0. The Bertz CT molecular complexity index is 984. The molecule has 0 aliphatic carbocycles. The van der Waals surface area contributed by atoms with E-state index in [0.717, 1.165) is 5.56 Å². The van der Waals surface area contributed by atoms with Crippen LogP contribution in [0, 0.1) is 10.1 Å². The van der Waals surface area contributed by atoms with Gasteiger partial charge < -0.3 is 20.5 Å². The van der Waals surface area contributed by atoms with Crippen LogP contribution in [0.4, 0.5) is 23.1 Å². The highest BCUT2D eigenvalue weighted by atomic mass is 16.6. The quantitative estimate of drug-likeness (QED) is 0.283. The Morgan fingerprint density at radius 3 is 2.66 bits per heavy atom. The van der Waals surface area contributed by atoms with E-state index >= 15 is 0 Å². The van der Waals surface area contributed by atoms with E-state index in [1.54, 1.807) is 42.7 Å². The maximum atomic E-state index is 11.4. The summed E-state index contributed by atoms with van der Waals surface area (Å²) in [6, 6.07) is 9.83. The number of nitro groups is 1. The van der Waals surface area contributed by atoms with Gasteiger partial charge in [0.25, 0.3) is 5.69 Å². The van der Waals surface area contributed by atoms with Crippen molar-refractivity contribution in [2.75, 3.05) is 30.9 Å². The van der Waals surface area contributed by atoms with Gasteiger partial charge in [-0.05, 0) is 30.7 Å². The highest BCUT2D eigenvalue weighted by Crippen LogP contribution is 2.32. The number of nitrogens with one attached hydrogen (secondary N) is 2. The molecule has 1 aromatic carbocycles. The van der Waals surface area contributed by atoms with Crippen molar-refractivity contribution in [3.8, 4) is 17.0 Å². The second kappa shape index (κ2) is 9.42. The molecule has 0 aliphatic heterocycles. The lowest BCUT2D eigenvalue weighted by molar-refractivity contribution is -0.384. The molecular weight excluding hydrogens is 376 g/mol. The summed E-state index contributed by atoms with van der Waals surface area (Å²) in [5.74, 6) is 1.10. The third kappa shape index (κ3) is 5.14. The van der Waals surface area contributed by atoms with E-state index in [0.29, 0.717) is 36.2 Å². The maximum absolute atomic E-state index is 11.4. The number of aliphatic hydroxyl groups excluding tert-OH is 1. The van der Waals surface area contributed by atoms with Crippen molar-refractivity contribution in [2.45, 2.75) is 6.42 Å². The van der Waals surface area contributed by atoms with Gasteiger partial charge in [0, 0.05) is 37.2 Å². The second-order valence-electron chi connectivity index (χ2n) is 5.97. The van der Waals surface area contributed by atoms with Crippen LogP contribution < -0.4 is 15.4 Å². The van der Waals surface area contributed by atoms with Crippen molar-refractivity contribution < 1.29 is 14.8 Å². The molecule has 0 atom stereocenters. The normalized spacial score (nSPS) is 10.4. The van der Waals surface area contributed by atoms with E-state index in [1.165, 1.54) is 13.2 Å². The van der Waals surface area contributed by atoms with Gasteiger partial charge in [0.2, 0.25) is 5.95 Å². The molecule has 0 radical (unpaired) electrons. The van der Waals surface area contributed by atoms with E-state index < -0.39 is 4.92 Å². The van der Waals surface area contributed by atoms with Crippen LogP contribution in [0.2, 0.25) is 0 Å². The number of pyridine rings is 1. The molecule has 0 amide bonds. The van der Waals surface area contributed by atoms with E-state index in [4.69, 9.17) is 9.84 Å². The largest absolute Gasteiger partial charge is 0.496 e. The minimum Gasteiger partial charge on any atom is -0.496 e. The highest BCUT2D eigenvalue weighted by Gasteiger charge is 2.17. The number of nitro benzene ring substituents is 1. The second-order valence-corrected chi connectivity index (χ2v) is 5.97. The minimum absolute atomic E-state index is 0.0419. The summed E-state index contributed by atoms with van der Waals surface area (Å²) in [5, 5.41) is 26.5. The van der Waals surface area contributed by atoms with Crippen LogP contribution >= 0.6 is 0 Å². The summed E-state index contributed by atoms with van der Waals surface area (Å²) in [6.07, 6.45) is 3.84. The molecule has 0 fully saturated rings. The molecule has 0 saturated heterocycles. The summed E-state index contributed by atoms with van der Waals surface area (Å²) in [4.78, 5) is 23.8. The number of benzene rings is 1. The van der Waals surface area contributed by atoms with Gasteiger partial charge in [-0.2, -0.15) is 4.98 Å². The molecule has 150 valence electrons. The van der Waals surface area contributed by atoms with Crippen LogP contribution in [-0.2, 0) is 0 Å². The summed E-state index contributed by atoms with van der Waals surface area (Å²) in [7, 11) is 1.45. The zero-order chi connectivity index (χ0) is 20.6. The molecule has 3 rings (SSSR count). The Balaban J connectivity index is 1.98. The number of aromatic nitrogens is 3. The number of hydrogen-bond acceptors (Lipinski definition) is 9. The Kier molecular flexibility index (Phi) is 6.48. The molecule has 10 heteroatoms. The lowest BCUT2D eigenvalue weighted by atomic mass is 10.2. The van der Waals surface area contributed by atoms with E-state index in [1.807, 2.05) is 0 Å². The van der Waals surface area contributed by atoms with Crippen LogP contribution in [0.15, 0.2) is 48.8 Å². The van der Waals surface area contributed by atoms with Crippen LogP contribution in [0.1, 0.15) is 6.42 Å². The summed E-state index contributed by atoms with van der Waals surface area (Å²) in [5.41, 5.74) is 1.58. The third-order valence-electron chi connectivity index (χ3n) is 3.98. The smallest absolute Gasteiger partial charge is 0.296 e. The highest BCUT2D eigenvalue weighted by molar-refractivity contribution is 5.72. The van der Waals surface area contributed by atoms with Crippen LogP contribution in [0.25, 0.3) is 11.3 Å². The monoisotopic (exact) mass is 396 g/mol. The van der Waals surface area contributed by atoms with Crippen LogP contribution in [0.5, 0.6) is 5.75 Å². The Morgan fingerprint density at radius 1 is 1.17 bits per heavy atom. The van der Waals surface area contributed by atoms with E-state index in [2.05, 4.69) is 25.6 Å². The fourth-order valence-electron chi connectivity index (χ4n) is 2.57. The number of ether oxygens (including phenoxy) is 1. The molecule has 0 unspecified atom stereocenters. The van der Waals surface area contributed by atoms with Crippen LogP contribution in [-0.4, -0.2) is 45.2 Å². The number of hydrogen-bond donors (Lipinski definition) is 3. The number of aliphatic hydroxyl groups is 1.